The Morgan fingerprint density at radius 2 is 1.96 bits per heavy atom. The van der Waals surface area contributed by atoms with Gasteiger partial charge in [-0.05, 0) is 13.8 Å². The summed E-state index contributed by atoms with van der Waals surface area (Å²) in [7, 11) is 0. The molecule has 1 saturated heterocycles. The molecule has 0 spiro atoms. The molecule has 1 unspecified atom stereocenters. The molecular weight excluding hydrogens is 306 g/mol. The van der Waals surface area contributed by atoms with Gasteiger partial charge < -0.3 is 14.5 Å². The zero-order valence-corrected chi connectivity index (χ0v) is 13.0. The van der Waals surface area contributed by atoms with Crippen molar-refractivity contribution in [3.8, 4) is 0 Å². The standard InChI is InChI=1S/C13H19N5O5/c1-3-23-13(20)16-6-4-15(5-7-16)12(19)10(2)17-9-11(8-14-17)18(21)22/h8-10H,3-7H2,1-2H3. The number of amides is 2. The first kappa shape index (κ1) is 16.7. The number of carbonyl (C=O) groups is 2. The Hall–Kier alpha value is -2.65. The third-order valence-electron chi connectivity index (χ3n) is 3.67. The van der Waals surface area contributed by atoms with E-state index in [1.807, 2.05) is 0 Å². The van der Waals surface area contributed by atoms with E-state index in [2.05, 4.69) is 5.10 Å². The molecule has 1 atom stereocenters. The van der Waals surface area contributed by atoms with E-state index >= 15 is 0 Å². The molecule has 1 aromatic rings. The summed E-state index contributed by atoms with van der Waals surface area (Å²) in [5.74, 6) is -0.188. The maximum absolute atomic E-state index is 12.4. The molecule has 0 aliphatic carbocycles. The second-order valence-corrected chi connectivity index (χ2v) is 5.12. The van der Waals surface area contributed by atoms with Gasteiger partial charge in [0, 0.05) is 26.2 Å². The molecule has 2 rings (SSSR count). The smallest absolute Gasteiger partial charge is 0.409 e. The largest absolute Gasteiger partial charge is 0.450 e. The highest BCUT2D eigenvalue weighted by atomic mass is 16.6. The highest BCUT2D eigenvalue weighted by Crippen LogP contribution is 2.16. The SMILES string of the molecule is CCOC(=O)N1CCN(C(=O)C(C)n2cc([N+](=O)[O-])cn2)CC1. The zero-order valence-electron chi connectivity index (χ0n) is 13.0. The van der Waals surface area contributed by atoms with Crippen molar-refractivity contribution < 1.29 is 19.2 Å². The maximum atomic E-state index is 12.4. The molecule has 1 fully saturated rings. The quantitative estimate of drug-likeness (QED) is 0.594. The van der Waals surface area contributed by atoms with E-state index in [-0.39, 0.29) is 17.7 Å². The van der Waals surface area contributed by atoms with Gasteiger partial charge in [0.25, 0.3) is 0 Å². The van der Waals surface area contributed by atoms with E-state index < -0.39 is 11.0 Å². The van der Waals surface area contributed by atoms with Crippen molar-refractivity contribution in [3.05, 3.63) is 22.5 Å². The topological polar surface area (TPSA) is 111 Å². The van der Waals surface area contributed by atoms with Gasteiger partial charge in [-0.3, -0.25) is 19.6 Å². The van der Waals surface area contributed by atoms with E-state index in [0.717, 1.165) is 6.20 Å². The summed E-state index contributed by atoms with van der Waals surface area (Å²) < 4.78 is 6.20. The average Bonchev–Trinajstić information content (AvgIpc) is 3.04. The molecule has 0 N–H and O–H groups in total. The van der Waals surface area contributed by atoms with Crippen LogP contribution < -0.4 is 0 Å². The molecule has 0 saturated carbocycles. The number of piperazine rings is 1. The van der Waals surface area contributed by atoms with E-state index in [1.165, 1.54) is 10.9 Å². The summed E-state index contributed by atoms with van der Waals surface area (Å²) in [6.07, 6.45) is 1.97. The average molecular weight is 325 g/mol. The van der Waals surface area contributed by atoms with Gasteiger partial charge in [0.1, 0.15) is 18.4 Å². The van der Waals surface area contributed by atoms with Crippen molar-refractivity contribution >= 4 is 17.7 Å². The predicted octanol–water partition coefficient (Wildman–Crippen LogP) is 0.653. The lowest BCUT2D eigenvalue weighted by atomic mass is 10.2. The minimum Gasteiger partial charge on any atom is -0.450 e. The van der Waals surface area contributed by atoms with Crippen LogP contribution in [0.25, 0.3) is 0 Å². The Morgan fingerprint density at radius 3 is 2.48 bits per heavy atom. The van der Waals surface area contributed by atoms with Crippen LogP contribution in [-0.4, -0.2) is 69.3 Å². The first-order chi connectivity index (χ1) is 10.9. The van der Waals surface area contributed by atoms with E-state index in [0.29, 0.717) is 32.8 Å². The first-order valence-corrected chi connectivity index (χ1v) is 7.33. The third kappa shape index (κ3) is 3.76. The normalized spacial score (nSPS) is 16.1. The molecule has 1 aromatic heterocycles. The maximum Gasteiger partial charge on any atom is 0.409 e. The van der Waals surface area contributed by atoms with E-state index in [1.54, 1.807) is 23.6 Å². The Morgan fingerprint density at radius 1 is 1.35 bits per heavy atom. The molecule has 10 heteroatoms. The lowest BCUT2D eigenvalue weighted by molar-refractivity contribution is -0.385. The second kappa shape index (κ2) is 7.07. The molecule has 1 aliphatic rings. The van der Waals surface area contributed by atoms with Gasteiger partial charge in [-0.2, -0.15) is 5.10 Å². The number of carbonyl (C=O) groups excluding carboxylic acids is 2. The van der Waals surface area contributed by atoms with Gasteiger partial charge in [0.15, 0.2) is 0 Å². The molecule has 23 heavy (non-hydrogen) atoms. The molecule has 126 valence electrons. The van der Waals surface area contributed by atoms with Crippen molar-refractivity contribution in [1.82, 2.24) is 19.6 Å². The van der Waals surface area contributed by atoms with Gasteiger partial charge in [0.05, 0.1) is 11.5 Å². The fourth-order valence-electron chi connectivity index (χ4n) is 2.34. The van der Waals surface area contributed by atoms with Crippen molar-refractivity contribution in [2.75, 3.05) is 32.8 Å². The van der Waals surface area contributed by atoms with Crippen LogP contribution >= 0.6 is 0 Å². The number of aromatic nitrogens is 2. The number of hydrogen-bond donors (Lipinski definition) is 0. The Balaban J connectivity index is 1.93. The predicted molar refractivity (Wildman–Crippen MR) is 78.8 cm³/mol. The minimum absolute atomic E-state index is 0.156. The van der Waals surface area contributed by atoms with Gasteiger partial charge >= 0.3 is 11.8 Å². The molecule has 0 radical (unpaired) electrons. The van der Waals surface area contributed by atoms with Crippen molar-refractivity contribution in [2.45, 2.75) is 19.9 Å². The van der Waals surface area contributed by atoms with Crippen LogP contribution in [0.5, 0.6) is 0 Å². The van der Waals surface area contributed by atoms with Crippen molar-refractivity contribution in [1.29, 1.82) is 0 Å². The van der Waals surface area contributed by atoms with Crippen LogP contribution in [0.4, 0.5) is 10.5 Å². The summed E-state index contributed by atoms with van der Waals surface area (Å²) in [5.41, 5.74) is -0.156. The summed E-state index contributed by atoms with van der Waals surface area (Å²) in [6, 6.07) is -0.641. The van der Waals surface area contributed by atoms with Crippen LogP contribution in [0, 0.1) is 10.1 Å². The van der Waals surface area contributed by atoms with E-state index in [9.17, 15) is 19.7 Å². The van der Waals surface area contributed by atoms with Crippen molar-refractivity contribution in [2.24, 2.45) is 0 Å². The molecule has 0 aromatic carbocycles. The molecular formula is C13H19N5O5. The highest BCUT2D eigenvalue weighted by Gasteiger charge is 2.29. The molecule has 2 amide bonds. The van der Waals surface area contributed by atoms with Gasteiger partial charge in [-0.25, -0.2) is 4.79 Å². The number of rotatable bonds is 4. The highest BCUT2D eigenvalue weighted by molar-refractivity contribution is 5.80. The number of nitro groups is 1. The summed E-state index contributed by atoms with van der Waals surface area (Å²) >= 11 is 0. The monoisotopic (exact) mass is 325 g/mol. The van der Waals surface area contributed by atoms with E-state index in [4.69, 9.17) is 4.74 Å². The lowest BCUT2D eigenvalue weighted by Gasteiger charge is -2.35. The zero-order chi connectivity index (χ0) is 17.0. The fraction of sp³-hybridized carbons (Fsp3) is 0.615. The third-order valence-corrected chi connectivity index (χ3v) is 3.67. The lowest BCUT2D eigenvalue weighted by Crippen LogP contribution is -2.52. The molecule has 10 nitrogen and oxygen atoms in total. The number of hydrogen-bond acceptors (Lipinski definition) is 6. The van der Waals surface area contributed by atoms with Crippen LogP contribution in [-0.2, 0) is 9.53 Å². The summed E-state index contributed by atoms with van der Waals surface area (Å²) in [5, 5.41) is 14.5. The molecule has 2 heterocycles. The first-order valence-electron chi connectivity index (χ1n) is 7.33. The van der Waals surface area contributed by atoms with Gasteiger partial charge in [0.2, 0.25) is 5.91 Å². The fourth-order valence-corrected chi connectivity index (χ4v) is 2.34. The Bertz CT molecular complexity index is 593. The molecule has 1 aliphatic heterocycles. The molecule has 0 bridgehead atoms. The van der Waals surface area contributed by atoms with Gasteiger partial charge in [-0.1, -0.05) is 0 Å². The minimum atomic E-state index is -0.641. The van der Waals surface area contributed by atoms with Crippen molar-refractivity contribution in [3.63, 3.8) is 0 Å². The number of nitrogens with zero attached hydrogens (tertiary/aromatic N) is 5. The van der Waals surface area contributed by atoms with Crippen LogP contribution in [0.2, 0.25) is 0 Å². The Kier molecular flexibility index (Phi) is 5.14. The van der Waals surface area contributed by atoms with Crippen LogP contribution in [0.3, 0.4) is 0 Å². The summed E-state index contributed by atoms with van der Waals surface area (Å²) in [6.45, 7) is 5.27. The second-order valence-electron chi connectivity index (χ2n) is 5.12. The van der Waals surface area contributed by atoms with Gasteiger partial charge in [-0.15, -0.1) is 0 Å². The Labute approximate surface area is 132 Å². The van der Waals surface area contributed by atoms with Crippen LogP contribution in [0.1, 0.15) is 19.9 Å². The summed E-state index contributed by atoms with van der Waals surface area (Å²) in [4.78, 5) is 37.3. The number of ether oxygens (including phenoxy) is 1. The van der Waals surface area contributed by atoms with Crippen LogP contribution in [0.15, 0.2) is 12.4 Å².